The molecule has 0 fully saturated rings. The molecule has 0 N–H and O–H groups in total. The summed E-state index contributed by atoms with van der Waals surface area (Å²) in [6.07, 6.45) is 0. The van der Waals surface area contributed by atoms with Crippen LogP contribution < -0.4 is 0 Å². The molecule has 0 spiro atoms. The van der Waals surface area contributed by atoms with Crippen LogP contribution in [0, 0.1) is 25.2 Å². The third kappa shape index (κ3) is 6.81. The second-order valence-electron chi connectivity index (χ2n) is 16.1. The number of nitriles is 1. The lowest BCUT2D eigenvalue weighted by Crippen LogP contribution is -2.00. The maximum atomic E-state index is 10.4. The summed E-state index contributed by atoms with van der Waals surface area (Å²) in [5.41, 5.74) is 15.5. The lowest BCUT2D eigenvalue weighted by atomic mass is 9.86. The first kappa shape index (κ1) is 37.5. The zero-order valence-electron chi connectivity index (χ0n) is 34.8. The third-order valence-corrected chi connectivity index (χ3v) is 12.0. The summed E-state index contributed by atoms with van der Waals surface area (Å²) in [5.74, 6) is 1.89. The molecule has 11 rings (SSSR count). The molecular weight excluding hydrogens is 767 g/mol. The molecule has 11 aromatic rings. The average Bonchev–Trinajstić information content (AvgIpc) is 3.68. The van der Waals surface area contributed by atoms with Crippen LogP contribution >= 0.6 is 0 Å². The van der Waals surface area contributed by atoms with E-state index in [-0.39, 0.29) is 0 Å². The highest BCUT2D eigenvalue weighted by Gasteiger charge is 2.18. The van der Waals surface area contributed by atoms with Gasteiger partial charge in [0.15, 0.2) is 17.5 Å². The Morgan fingerprint density at radius 2 is 0.937 bits per heavy atom. The van der Waals surface area contributed by atoms with Gasteiger partial charge in [0.1, 0.15) is 0 Å². The number of nitrogens with zero attached hydrogens (tertiary/aromatic N) is 5. The van der Waals surface area contributed by atoms with E-state index in [4.69, 9.17) is 15.0 Å². The highest BCUT2D eigenvalue weighted by atomic mass is 15.0. The van der Waals surface area contributed by atoms with Gasteiger partial charge in [0.05, 0.1) is 22.7 Å². The van der Waals surface area contributed by atoms with Crippen molar-refractivity contribution in [1.29, 1.82) is 5.26 Å². The summed E-state index contributed by atoms with van der Waals surface area (Å²) in [7, 11) is 0. The molecule has 0 amide bonds. The number of fused-ring (bicyclic) bond motifs is 4. The molecule has 5 heteroatoms. The minimum Gasteiger partial charge on any atom is -0.309 e. The zero-order valence-corrected chi connectivity index (χ0v) is 34.8. The van der Waals surface area contributed by atoms with Gasteiger partial charge in [0.2, 0.25) is 0 Å². The zero-order chi connectivity index (χ0) is 42.4. The number of hydrogen-bond acceptors (Lipinski definition) is 4. The van der Waals surface area contributed by atoms with Gasteiger partial charge >= 0.3 is 0 Å². The minimum absolute atomic E-state index is 0.618. The molecule has 0 bridgehead atoms. The average molecular weight is 806 g/mol. The molecule has 0 aliphatic carbocycles. The van der Waals surface area contributed by atoms with Gasteiger partial charge in [-0.25, -0.2) is 15.0 Å². The number of benzene rings is 9. The van der Waals surface area contributed by atoms with Crippen LogP contribution in [0.3, 0.4) is 0 Å². The van der Waals surface area contributed by atoms with Gasteiger partial charge < -0.3 is 4.57 Å². The number of para-hydroxylation sites is 2. The van der Waals surface area contributed by atoms with Crippen LogP contribution in [0.2, 0.25) is 0 Å². The van der Waals surface area contributed by atoms with E-state index in [0.717, 1.165) is 77.6 Å². The number of aromatic nitrogens is 4. The monoisotopic (exact) mass is 805 g/mol. The topological polar surface area (TPSA) is 67.4 Å². The second-order valence-corrected chi connectivity index (χ2v) is 16.1. The number of rotatable bonds is 7. The first-order valence-corrected chi connectivity index (χ1v) is 21.2. The SMILES string of the molecule is Cc1ccc2c(-c3cc(C#N)cc(-c4ccc5c6ccccc6n(-c6ccccc6)c5c4)c3)cc(C)c(-c3ccc(-c4nc(-c5ccccc5)nc(-c5ccccc5)n4)cc3)c2c1. The summed E-state index contributed by atoms with van der Waals surface area (Å²) in [6, 6.07) is 72.1. The van der Waals surface area contributed by atoms with Gasteiger partial charge in [0, 0.05) is 33.2 Å². The normalized spacial score (nSPS) is 11.3. The fraction of sp³-hybridized carbons (Fsp3) is 0.0345. The maximum absolute atomic E-state index is 10.4. The molecule has 2 heterocycles. The predicted octanol–water partition coefficient (Wildman–Crippen LogP) is 14.6. The van der Waals surface area contributed by atoms with E-state index in [1.54, 1.807) is 0 Å². The Kier molecular flexibility index (Phi) is 9.25. The largest absolute Gasteiger partial charge is 0.309 e. The van der Waals surface area contributed by atoms with Gasteiger partial charge in [0.25, 0.3) is 0 Å². The van der Waals surface area contributed by atoms with E-state index in [1.165, 1.54) is 21.9 Å². The first-order chi connectivity index (χ1) is 31.0. The quantitative estimate of drug-likeness (QED) is 0.161. The van der Waals surface area contributed by atoms with Crippen molar-refractivity contribution in [2.75, 3.05) is 0 Å². The molecule has 0 radical (unpaired) electrons. The van der Waals surface area contributed by atoms with Gasteiger partial charge in [-0.1, -0.05) is 163 Å². The Labute approximate surface area is 365 Å². The second kappa shape index (κ2) is 15.5. The lowest BCUT2D eigenvalue weighted by molar-refractivity contribution is 1.07. The highest BCUT2D eigenvalue weighted by Crippen LogP contribution is 2.42. The lowest BCUT2D eigenvalue weighted by Gasteiger charge is -2.17. The third-order valence-electron chi connectivity index (χ3n) is 12.0. The van der Waals surface area contributed by atoms with E-state index >= 15 is 0 Å². The minimum atomic E-state index is 0.618. The van der Waals surface area contributed by atoms with Crippen molar-refractivity contribution < 1.29 is 0 Å². The summed E-state index contributed by atoms with van der Waals surface area (Å²) in [6.45, 7) is 4.33. The first-order valence-electron chi connectivity index (χ1n) is 21.2. The van der Waals surface area contributed by atoms with Gasteiger partial charge in [-0.3, -0.25) is 0 Å². The highest BCUT2D eigenvalue weighted by molar-refractivity contribution is 6.11. The van der Waals surface area contributed by atoms with Crippen LogP contribution in [0.5, 0.6) is 0 Å². The van der Waals surface area contributed by atoms with Crippen LogP contribution in [0.15, 0.2) is 200 Å². The Morgan fingerprint density at radius 1 is 0.397 bits per heavy atom. The summed E-state index contributed by atoms with van der Waals surface area (Å²) < 4.78 is 2.34. The molecule has 63 heavy (non-hydrogen) atoms. The molecule has 5 nitrogen and oxygen atoms in total. The molecule has 0 aliphatic heterocycles. The van der Waals surface area contributed by atoms with E-state index in [0.29, 0.717) is 23.0 Å². The van der Waals surface area contributed by atoms with E-state index in [2.05, 4.69) is 152 Å². The maximum Gasteiger partial charge on any atom is 0.164 e. The van der Waals surface area contributed by atoms with Gasteiger partial charge in [-0.2, -0.15) is 5.26 Å². The van der Waals surface area contributed by atoms with Crippen LogP contribution in [-0.4, -0.2) is 19.5 Å². The van der Waals surface area contributed by atoms with Crippen LogP contribution in [0.1, 0.15) is 16.7 Å². The number of hydrogen-bond donors (Lipinski definition) is 0. The van der Waals surface area contributed by atoms with E-state index in [1.807, 2.05) is 72.8 Å². The fourth-order valence-electron chi connectivity index (χ4n) is 9.04. The predicted molar refractivity (Wildman–Crippen MR) is 258 cm³/mol. The molecule has 0 saturated carbocycles. The van der Waals surface area contributed by atoms with Crippen molar-refractivity contribution in [3.05, 3.63) is 217 Å². The molecular formula is C58H39N5. The van der Waals surface area contributed by atoms with Gasteiger partial charge in [-0.15, -0.1) is 0 Å². The van der Waals surface area contributed by atoms with Crippen LogP contribution in [0.25, 0.3) is 106 Å². The Balaban J connectivity index is 1.01. The van der Waals surface area contributed by atoms with Crippen LogP contribution in [-0.2, 0) is 0 Å². The molecule has 0 aliphatic rings. The van der Waals surface area contributed by atoms with Crippen molar-refractivity contribution in [2.45, 2.75) is 13.8 Å². The summed E-state index contributed by atoms with van der Waals surface area (Å²) in [5, 5.41) is 15.1. The van der Waals surface area contributed by atoms with Crippen molar-refractivity contribution in [3.63, 3.8) is 0 Å². The summed E-state index contributed by atoms with van der Waals surface area (Å²) >= 11 is 0. The standard InChI is InChI=1S/C58H39N5/c1-37-22-28-48-51(46-33-39(36-59)32-45(34-46)44-27-29-50-49-20-12-13-21-53(49)63(54(50)35-44)47-18-10-5-11-19-47)31-38(2)55(52(48)30-37)40-23-25-43(26-24-40)58-61-56(41-14-6-3-7-15-41)60-57(62-58)42-16-8-4-9-17-42/h3-35H,1-2H3. The molecule has 296 valence electrons. The van der Waals surface area contributed by atoms with Crippen LogP contribution in [0.4, 0.5) is 0 Å². The number of aryl methyl sites for hydroxylation is 2. The van der Waals surface area contributed by atoms with Crippen molar-refractivity contribution in [3.8, 4) is 79.3 Å². The van der Waals surface area contributed by atoms with Crippen molar-refractivity contribution >= 4 is 32.6 Å². The van der Waals surface area contributed by atoms with E-state index < -0.39 is 0 Å². The van der Waals surface area contributed by atoms with Crippen molar-refractivity contribution in [1.82, 2.24) is 19.5 Å². The Bertz CT molecular complexity index is 3510. The van der Waals surface area contributed by atoms with E-state index in [9.17, 15) is 5.26 Å². The fourth-order valence-corrected chi connectivity index (χ4v) is 9.04. The molecule has 0 saturated heterocycles. The summed E-state index contributed by atoms with van der Waals surface area (Å²) in [4.78, 5) is 14.8. The molecule has 9 aromatic carbocycles. The Hall–Kier alpha value is -8.46. The molecule has 2 aromatic heterocycles. The Morgan fingerprint density at radius 3 is 1.60 bits per heavy atom. The molecule has 0 atom stereocenters. The van der Waals surface area contributed by atoms with Gasteiger partial charge in [-0.05, 0) is 106 Å². The van der Waals surface area contributed by atoms with Crippen molar-refractivity contribution in [2.24, 2.45) is 0 Å². The smallest absolute Gasteiger partial charge is 0.164 e. The molecule has 0 unspecified atom stereocenters.